The molecular formula is C12H7F4N5. The number of nitrogens with two attached hydrogens (primary N) is 1. The predicted octanol–water partition coefficient (Wildman–Crippen LogP) is 2.53. The molecule has 1 aromatic carbocycles. The van der Waals surface area contributed by atoms with Gasteiger partial charge in [0.15, 0.2) is 5.69 Å². The Balaban J connectivity index is 2.14. The van der Waals surface area contributed by atoms with Gasteiger partial charge in [-0.25, -0.2) is 14.4 Å². The van der Waals surface area contributed by atoms with E-state index in [1.165, 1.54) is 18.3 Å². The van der Waals surface area contributed by atoms with E-state index in [0.29, 0.717) is 17.5 Å². The molecule has 2 N–H and O–H groups in total. The minimum atomic E-state index is -4.60. The number of rotatable bonds is 1. The summed E-state index contributed by atoms with van der Waals surface area (Å²) in [6, 6.07) is 3.92. The Morgan fingerprint density at radius 2 is 1.90 bits per heavy atom. The van der Waals surface area contributed by atoms with Crippen LogP contribution in [0.25, 0.3) is 17.0 Å². The van der Waals surface area contributed by atoms with Crippen molar-refractivity contribution in [2.75, 3.05) is 5.73 Å². The fourth-order valence-corrected chi connectivity index (χ4v) is 1.81. The van der Waals surface area contributed by atoms with Gasteiger partial charge in [-0.15, -0.1) is 0 Å². The van der Waals surface area contributed by atoms with Crippen LogP contribution in [0.1, 0.15) is 5.69 Å². The lowest BCUT2D eigenvalue weighted by molar-refractivity contribution is -0.141. The number of nitrogen functional groups attached to an aromatic ring is 1. The van der Waals surface area contributed by atoms with E-state index in [0.717, 1.165) is 10.6 Å². The van der Waals surface area contributed by atoms with Crippen molar-refractivity contribution < 1.29 is 17.6 Å². The van der Waals surface area contributed by atoms with Gasteiger partial charge >= 0.3 is 6.18 Å². The largest absolute Gasteiger partial charge is 0.435 e. The van der Waals surface area contributed by atoms with Gasteiger partial charge in [0, 0.05) is 5.56 Å². The van der Waals surface area contributed by atoms with Gasteiger partial charge in [0.25, 0.3) is 5.78 Å². The van der Waals surface area contributed by atoms with Crippen LogP contribution in [-0.4, -0.2) is 19.6 Å². The molecule has 3 rings (SSSR count). The molecule has 9 heteroatoms. The monoisotopic (exact) mass is 297 g/mol. The second kappa shape index (κ2) is 4.40. The highest BCUT2D eigenvalue weighted by atomic mass is 19.4. The van der Waals surface area contributed by atoms with Gasteiger partial charge in [0.1, 0.15) is 5.82 Å². The number of halogens is 4. The molecule has 21 heavy (non-hydrogen) atoms. The molecule has 0 aliphatic rings. The zero-order valence-corrected chi connectivity index (χ0v) is 10.3. The number of nitrogens with zero attached hydrogens (tertiary/aromatic N) is 4. The number of anilines is 1. The van der Waals surface area contributed by atoms with E-state index in [-0.39, 0.29) is 11.5 Å². The first-order valence-corrected chi connectivity index (χ1v) is 5.69. The van der Waals surface area contributed by atoms with Gasteiger partial charge in [-0.2, -0.15) is 22.8 Å². The van der Waals surface area contributed by atoms with Gasteiger partial charge < -0.3 is 5.73 Å². The summed E-state index contributed by atoms with van der Waals surface area (Å²) in [5.74, 6) is -0.791. The number of fused-ring (bicyclic) bond motifs is 1. The molecule has 2 heterocycles. The first-order valence-electron chi connectivity index (χ1n) is 5.69. The van der Waals surface area contributed by atoms with Crippen molar-refractivity contribution in [1.29, 1.82) is 0 Å². The van der Waals surface area contributed by atoms with E-state index < -0.39 is 17.7 Å². The molecule has 0 unspecified atom stereocenters. The third-order valence-electron chi connectivity index (χ3n) is 2.82. The Kier molecular flexibility index (Phi) is 2.78. The number of aromatic nitrogens is 4. The minimum Gasteiger partial charge on any atom is -0.396 e. The van der Waals surface area contributed by atoms with E-state index in [1.807, 2.05) is 0 Å². The molecule has 0 amide bonds. The molecule has 0 radical (unpaired) electrons. The summed E-state index contributed by atoms with van der Waals surface area (Å²) in [5, 5.41) is 3.67. The quantitative estimate of drug-likeness (QED) is 0.553. The fourth-order valence-electron chi connectivity index (χ4n) is 1.81. The van der Waals surface area contributed by atoms with Gasteiger partial charge in [0.05, 0.1) is 23.8 Å². The third-order valence-corrected chi connectivity index (χ3v) is 2.82. The zero-order chi connectivity index (χ0) is 15.2. The van der Waals surface area contributed by atoms with Gasteiger partial charge in [0.2, 0.25) is 0 Å². The van der Waals surface area contributed by atoms with E-state index in [9.17, 15) is 17.6 Å². The third kappa shape index (κ3) is 2.26. The van der Waals surface area contributed by atoms with Crippen molar-refractivity contribution in [3.8, 4) is 11.3 Å². The van der Waals surface area contributed by atoms with E-state index in [2.05, 4.69) is 15.1 Å². The summed E-state index contributed by atoms with van der Waals surface area (Å²) in [6.07, 6.45) is -2.70. The van der Waals surface area contributed by atoms with Crippen molar-refractivity contribution in [3.05, 3.63) is 42.1 Å². The van der Waals surface area contributed by atoms with Crippen molar-refractivity contribution in [3.63, 3.8) is 0 Å². The van der Waals surface area contributed by atoms with Crippen LogP contribution in [-0.2, 0) is 6.18 Å². The average molecular weight is 297 g/mol. The zero-order valence-electron chi connectivity index (χ0n) is 10.3. The van der Waals surface area contributed by atoms with Crippen molar-refractivity contribution in [1.82, 2.24) is 19.6 Å². The Morgan fingerprint density at radius 1 is 1.14 bits per heavy atom. The summed E-state index contributed by atoms with van der Waals surface area (Å²) in [5.41, 5.74) is 5.08. The van der Waals surface area contributed by atoms with Crippen LogP contribution in [0, 0.1) is 5.82 Å². The number of benzene rings is 1. The molecule has 0 fully saturated rings. The van der Waals surface area contributed by atoms with Crippen LogP contribution in [0.3, 0.4) is 0 Å². The normalized spacial score (nSPS) is 12.0. The number of hydrogen-bond acceptors (Lipinski definition) is 4. The van der Waals surface area contributed by atoms with Crippen molar-refractivity contribution >= 4 is 11.5 Å². The van der Waals surface area contributed by atoms with Crippen molar-refractivity contribution in [2.24, 2.45) is 0 Å². The van der Waals surface area contributed by atoms with Crippen LogP contribution in [0.5, 0.6) is 0 Å². The SMILES string of the molecule is Nc1cc(-c2cnc3nc(C(F)(F)F)cnn23)ccc1F. The molecule has 2 aromatic heterocycles. The Morgan fingerprint density at radius 3 is 2.57 bits per heavy atom. The summed E-state index contributed by atoms with van der Waals surface area (Å²) in [6.45, 7) is 0. The van der Waals surface area contributed by atoms with Gasteiger partial charge in [-0.05, 0) is 18.2 Å². The van der Waals surface area contributed by atoms with E-state index in [1.54, 1.807) is 0 Å². The summed E-state index contributed by atoms with van der Waals surface area (Å²) >= 11 is 0. The number of imidazole rings is 1. The highest BCUT2D eigenvalue weighted by Crippen LogP contribution is 2.28. The molecule has 108 valence electrons. The lowest BCUT2D eigenvalue weighted by Crippen LogP contribution is -2.11. The van der Waals surface area contributed by atoms with E-state index >= 15 is 0 Å². The average Bonchev–Trinajstić information content (AvgIpc) is 2.84. The van der Waals surface area contributed by atoms with Crippen molar-refractivity contribution in [2.45, 2.75) is 6.18 Å². The van der Waals surface area contributed by atoms with Gasteiger partial charge in [-0.3, -0.25) is 0 Å². The molecule has 0 spiro atoms. The lowest BCUT2D eigenvalue weighted by Gasteiger charge is -2.06. The molecule has 5 nitrogen and oxygen atoms in total. The highest BCUT2D eigenvalue weighted by molar-refractivity contribution is 5.66. The topological polar surface area (TPSA) is 69.1 Å². The van der Waals surface area contributed by atoms with Gasteiger partial charge in [-0.1, -0.05) is 0 Å². The first-order chi connectivity index (χ1) is 9.86. The molecule has 0 saturated heterocycles. The molecule has 0 bridgehead atoms. The molecule has 0 aliphatic heterocycles. The van der Waals surface area contributed by atoms with Crippen LogP contribution >= 0.6 is 0 Å². The maximum Gasteiger partial charge on any atom is 0.435 e. The molecule has 3 aromatic rings. The Bertz CT molecular complexity index is 824. The highest BCUT2D eigenvalue weighted by Gasteiger charge is 2.33. The minimum absolute atomic E-state index is 0.0812. The summed E-state index contributed by atoms with van der Waals surface area (Å²) < 4.78 is 51.9. The standard InChI is InChI=1S/C12H7F4N5/c13-7-2-1-6(3-8(7)17)9-4-18-11-20-10(12(14,15)16)5-19-21(9)11/h1-5H,17H2. The number of hydrogen-bond donors (Lipinski definition) is 1. The second-order valence-electron chi connectivity index (χ2n) is 4.23. The summed E-state index contributed by atoms with van der Waals surface area (Å²) in [7, 11) is 0. The molecular weight excluding hydrogens is 290 g/mol. The summed E-state index contributed by atoms with van der Waals surface area (Å²) in [4.78, 5) is 7.17. The maximum atomic E-state index is 13.1. The lowest BCUT2D eigenvalue weighted by atomic mass is 10.1. The second-order valence-corrected chi connectivity index (χ2v) is 4.23. The van der Waals surface area contributed by atoms with E-state index in [4.69, 9.17) is 5.73 Å². The number of alkyl halides is 3. The molecule has 0 atom stereocenters. The van der Waals surface area contributed by atoms with Crippen LogP contribution < -0.4 is 5.73 Å². The maximum absolute atomic E-state index is 13.1. The Hall–Kier alpha value is -2.71. The first kappa shape index (κ1) is 13.3. The Labute approximate surface area is 115 Å². The molecule has 0 saturated carbocycles. The van der Waals surface area contributed by atoms with Crippen LogP contribution in [0.2, 0.25) is 0 Å². The predicted molar refractivity (Wildman–Crippen MR) is 65.6 cm³/mol. The fraction of sp³-hybridized carbons (Fsp3) is 0.0833. The van der Waals surface area contributed by atoms with Crippen LogP contribution in [0.15, 0.2) is 30.6 Å². The van der Waals surface area contributed by atoms with Crippen LogP contribution in [0.4, 0.5) is 23.2 Å². The molecule has 0 aliphatic carbocycles. The smallest absolute Gasteiger partial charge is 0.396 e.